The minimum atomic E-state index is -0.299. The number of nitrogens with one attached hydrogen (secondary N) is 1. The summed E-state index contributed by atoms with van der Waals surface area (Å²) in [6.45, 7) is 5.70. The largest absolute Gasteiger partial charge is 0.462 e. The molecule has 1 N–H and O–H groups in total. The third kappa shape index (κ3) is 2.18. The molecule has 0 radical (unpaired) electrons. The molecule has 0 aliphatic carbocycles. The molecule has 1 aromatic rings. The van der Waals surface area contributed by atoms with Gasteiger partial charge in [0.25, 0.3) is 0 Å². The second-order valence-corrected chi connectivity index (χ2v) is 5.31. The number of carbonyl (C=O) groups excluding carboxylic acids is 1. The second-order valence-electron chi connectivity index (χ2n) is 5.31. The molecule has 0 spiro atoms. The Kier molecular flexibility index (Phi) is 3.65. The Balaban J connectivity index is 1.94. The molecule has 6 nitrogen and oxygen atoms in total. The molecule has 0 bridgehead atoms. The quantitative estimate of drug-likeness (QED) is 0.856. The lowest BCUT2D eigenvalue weighted by Gasteiger charge is -2.29. The summed E-state index contributed by atoms with van der Waals surface area (Å²) in [6.07, 6.45) is 3.36. The van der Waals surface area contributed by atoms with Crippen LogP contribution in [0.5, 0.6) is 0 Å². The van der Waals surface area contributed by atoms with Crippen LogP contribution in [0.25, 0.3) is 0 Å². The molecule has 110 valence electrons. The van der Waals surface area contributed by atoms with Crippen molar-refractivity contribution in [2.45, 2.75) is 45.3 Å². The second kappa shape index (κ2) is 5.44. The van der Waals surface area contributed by atoms with E-state index < -0.39 is 0 Å². The van der Waals surface area contributed by atoms with Crippen LogP contribution in [0.4, 0.5) is 5.82 Å². The molecule has 1 aromatic heterocycles. The molecule has 2 aliphatic rings. The van der Waals surface area contributed by atoms with Gasteiger partial charge in [0.15, 0.2) is 0 Å². The number of ether oxygens (including phenoxy) is 2. The van der Waals surface area contributed by atoms with Crippen LogP contribution in [0.3, 0.4) is 0 Å². The van der Waals surface area contributed by atoms with Gasteiger partial charge in [-0.05, 0) is 33.1 Å². The Bertz CT molecular complexity index is 506. The van der Waals surface area contributed by atoms with Gasteiger partial charge in [-0.2, -0.15) is 5.10 Å². The van der Waals surface area contributed by atoms with E-state index in [1.54, 1.807) is 0 Å². The topological polar surface area (TPSA) is 65.4 Å². The van der Waals surface area contributed by atoms with Crippen LogP contribution in [0.15, 0.2) is 0 Å². The van der Waals surface area contributed by atoms with E-state index in [1.165, 1.54) is 0 Å². The molecule has 2 unspecified atom stereocenters. The predicted octanol–water partition coefficient (Wildman–Crippen LogP) is 1.90. The van der Waals surface area contributed by atoms with Crippen LogP contribution in [-0.4, -0.2) is 41.6 Å². The molecule has 20 heavy (non-hydrogen) atoms. The molecule has 1 fully saturated rings. The zero-order valence-electron chi connectivity index (χ0n) is 12.0. The van der Waals surface area contributed by atoms with Gasteiger partial charge in [0.1, 0.15) is 11.4 Å². The van der Waals surface area contributed by atoms with Crippen molar-refractivity contribution in [2.75, 3.05) is 25.1 Å². The number of anilines is 1. The Morgan fingerprint density at radius 1 is 1.55 bits per heavy atom. The van der Waals surface area contributed by atoms with Crippen molar-refractivity contribution in [1.29, 1.82) is 0 Å². The van der Waals surface area contributed by atoms with Crippen molar-refractivity contribution in [3.8, 4) is 0 Å². The standard InChI is InChI=1S/C14H21N3O3/c1-3-19-14(18)12-9(2)16-17-10(6-7-15-13(12)17)11-5-4-8-20-11/h10-11,15H,3-8H2,1-2H3. The summed E-state index contributed by atoms with van der Waals surface area (Å²) in [4.78, 5) is 12.1. The van der Waals surface area contributed by atoms with Crippen molar-refractivity contribution in [1.82, 2.24) is 9.78 Å². The fraction of sp³-hybridized carbons (Fsp3) is 0.714. The lowest BCUT2D eigenvalue weighted by Crippen LogP contribution is -2.32. The van der Waals surface area contributed by atoms with Crippen molar-refractivity contribution in [3.63, 3.8) is 0 Å². The van der Waals surface area contributed by atoms with Gasteiger partial charge in [0, 0.05) is 13.2 Å². The third-order valence-electron chi connectivity index (χ3n) is 4.01. The number of hydrogen-bond donors (Lipinski definition) is 1. The first kappa shape index (κ1) is 13.4. The molecule has 1 saturated heterocycles. The van der Waals surface area contributed by atoms with Crippen LogP contribution in [0.1, 0.15) is 48.3 Å². The lowest BCUT2D eigenvalue weighted by molar-refractivity contribution is 0.0521. The molecule has 2 aliphatic heterocycles. The van der Waals surface area contributed by atoms with E-state index in [0.29, 0.717) is 12.2 Å². The fourth-order valence-corrected chi connectivity index (χ4v) is 3.11. The summed E-state index contributed by atoms with van der Waals surface area (Å²) in [5.74, 6) is 0.486. The van der Waals surface area contributed by atoms with E-state index in [0.717, 1.165) is 43.9 Å². The van der Waals surface area contributed by atoms with E-state index in [4.69, 9.17) is 9.47 Å². The third-order valence-corrected chi connectivity index (χ3v) is 4.01. The van der Waals surface area contributed by atoms with Gasteiger partial charge in [0.05, 0.1) is 24.4 Å². The molecule has 2 atom stereocenters. The van der Waals surface area contributed by atoms with Gasteiger partial charge >= 0.3 is 5.97 Å². The summed E-state index contributed by atoms with van der Waals surface area (Å²) < 4.78 is 12.9. The molecular weight excluding hydrogens is 258 g/mol. The number of carbonyl (C=O) groups is 1. The number of rotatable bonds is 3. The summed E-state index contributed by atoms with van der Waals surface area (Å²) in [5.41, 5.74) is 1.28. The number of nitrogens with zero attached hydrogens (tertiary/aromatic N) is 2. The number of fused-ring (bicyclic) bond motifs is 1. The molecule has 3 rings (SSSR count). The van der Waals surface area contributed by atoms with Crippen LogP contribution in [0.2, 0.25) is 0 Å². The normalized spacial score (nSPS) is 25.1. The lowest BCUT2D eigenvalue weighted by atomic mass is 10.0. The molecule has 0 saturated carbocycles. The number of aromatic nitrogens is 2. The van der Waals surface area contributed by atoms with Gasteiger partial charge in [0.2, 0.25) is 0 Å². The average Bonchev–Trinajstić information content (AvgIpc) is 3.04. The Morgan fingerprint density at radius 3 is 3.10 bits per heavy atom. The molecular formula is C14H21N3O3. The van der Waals surface area contributed by atoms with E-state index >= 15 is 0 Å². The van der Waals surface area contributed by atoms with Crippen molar-refractivity contribution < 1.29 is 14.3 Å². The highest BCUT2D eigenvalue weighted by Gasteiger charge is 2.35. The first-order valence-corrected chi connectivity index (χ1v) is 7.34. The van der Waals surface area contributed by atoms with Crippen molar-refractivity contribution in [2.24, 2.45) is 0 Å². The molecule has 0 amide bonds. The summed E-state index contributed by atoms with van der Waals surface area (Å²) in [7, 11) is 0. The van der Waals surface area contributed by atoms with Gasteiger partial charge in [-0.1, -0.05) is 0 Å². The Labute approximate surface area is 118 Å². The minimum Gasteiger partial charge on any atom is -0.462 e. The van der Waals surface area contributed by atoms with Crippen LogP contribution in [-0.2, 0) is 9.47 Å². The van der Waals surface area contributed by atoms with E-state index in [9.17, 15) is 4.79 Å². The highest BCUT2D eigenvalue weighted by atomic mass is 16.5. The highest BCUT2D eigenvalue weighted by Crippen LogP contribution is 2.35. The highest BCUT2D eigenvalue weighted by molar-refractivity contribution is 5.96. The smallest absolute Gasteiger partial charge is 0.343 e. The van der Waals surface area contributed by atoms with E-state index in [1.807, 2.05) is 18.5 Å². The zero-order valence-corrected chi connectivity index (χ0v) is 12.0. The fourth-order valence-electron chi connectivity index (χ4n) is 3.11. The minimum absolute atomic E-state index is 0.213. The van der Waals surface area contributed by atoms with E-state index in [2.05, 4.69) is 10.4 Å². The van der Waals surface area contributed by atoms with Gasteiger partial charge < -0.3 is 14.8 Å². The first-order valence-electron chi connectivity index (χ1n) is 7.34. The first-order chi connectivity index (χ1) is 9.72. The van der Waals surface area contributed by atoms with Gasteiger partial charge in [-0.25, -0.2) is 9.48 Å². The summed E-state index contributed by atoms with van der Waals surface area (Å²) in [6, 6.07) is 0.218. The van der Waals surface area contributed by atoms with Crippen molar-refractivity contribution >= 4 is 11.8 Å². The Morgan fingerprint density at radius 2 is 2.40 bits per heavy atom. The van der Waals surface area contributed by atoms with Crippen LogP contribution >= 0.6 is 0 Å². The molecule has 3 heterocycles. The monoisotopic (exact) mass is 279 g/mol. The summed E-state index contributed by atoms with van der Waals surface area (Å²) in [5, 5.41) is 7.84. The average molecular weight is 279 g/mol. The number of hydrogen-bond acceptors (Lipinski definition) is 5. The van der Waals surface area contributed by atoms with Crippen LogP contribution < -0.4 is 5.32 Å². The predicted molar refractivity (Wildman–Crippen MR) is 74.0 cm³/mol. The molecule has 6 heteroatoms. The SMILES string of the molecule is CCOC(=O)c1c(C)nn2c1NCCC2C1CCCO1. The zero-order chi connectivity index (χ0) is 14.1. The maximum Gasteiger partial charge on any atom is 0.343 e. The van der Waals surface area contributed by atoms with Gasteiger partial charge in [-0.3, -0.25) is 0 Å². The number of aryl methyl sites for hydroxylation is 1. The summed E-state index contributed by atoms with van der Waals surface area (Å²) >= 11 is 0. The van der Waals surface area contributed by atoms with Gasteiger partial charge in [-0.15, -0.1) is 0 Å². The Hall–Kier alpha value is -1.56. The van der Waals surface area contributed by atoms with Crippen molar-refractivity contribution in [3.05, 3.63) is 11.3 Å². The van der Waals surface area contributed by atoms with E-state index in [-0.39, 0.29) is 18.1 Å². The maximum absolute atomic E-state index is 12.1. The van der Waals surface area contributed by atoms with Crippen LogP contribution in [0, 0.1) is 6.92 Å². The number of esters is 1. The maximum atomic E-state index is 12.1. The molecule has 0 aromatic carbocycles.